The smallest absolute Gasteiger partial charge is 0.423 e. The maximum atomic E-state index is 12.9. The van der Waals surface area contributed by atoms with Gasteiger partial charge in [-0.15, -0.1) is 0 Å². The van der Waals surface area contributed by atoms with Crippen LogP contribution >= 0.6 is 0 Å². The normalized spacial score (nSPS) is 11.5. The molecule has 0 unspecified atom stereocenters. The number of carbonyl (C=O) groups excluding carboxylic acids is 1. The molecule has 11 heteroatoms. The number of alkyl halides is 3. The van der Waals surface area contributed by atoms with Gasteiger partial charge in [0.15, 0.2) is 0 Å². The summed E-state index contributed by atoms with van der Waals surface area (Å²) in [5.41, 5.74) is -5.25. The maximum Gasteiger partial charge on any atom is 0.423 e. The molecule has 0 aliphatic carbocycles. The van der Waals surface area contributed by atoms with Crippen LogP contribution in [0.2, 0.25) is 0 Å². The Morgan fingerprint density at radius 1 is 1.43 bits per heavy atom. The predicted octanol–water partition coefficient (Wildman–Crippen LogP) is 2.03. The first-order chi connectivity index (χ1) is 10.6. The lowest BCUT2D eigenvalue weighted by Gasteiger charge is -2.09. The zero-order chi connectivity index (χ0) is 17.4. The van der Waals surface area contributed by atoms with E-state index in [4.69, 9.17) is 0 Å². The molecule has 1 N–H and O–H groups in total. The van der Waals surface area contributed by atoms with Crippen LogP contribution in [0.15, 0.2) is 16.9 Å². The number of nitro benzene ring substituents is 1. The van der Waals surface area contributed by atoms with Gasteiger partial charge < -0.3 is 9.72 Å². The first-order valence-electron chi connectivity index (χ1n) is 6.12. The van der Waals surface area contributed by atoms with E-state index in [1.807, 2.05) is 0 Å². The zero-order valence-corrected chi connectivity index (χ0v) is 11.4. The molecule has 0 aliphatic heterocycles. The number of hydrogen-bond donors (Lipinski definition) is 1. The number of nitrogens with zero attached hydrogens (tertiary/aromatic N) is 2. The Balaban J connectivity index is 2.77. The van der Waals surface area contributed by atoms with E-state index in [0.717, 1.165) is 0 Å². The van der Waals surface area contributed by atoms with Crippen LogP contribution in [0.4, 0.5) is 18.9 Å². The predicted molar refractivity (Wildman–Crippen MR) is 70.0 cm³/mol. The number of nitrogens with one attached hydrogen (secondary N) is 1. The summed E-state index contributed by atoms with van der Waals surface area (Å²) in [4.78, 5) is 38.4. The number of benzene rings is 1. The average molecular weight is 331 g/mol. The van der Waals surface area contributed by atoms with Crippen LogP contribution in [0.1, 0.15) is 23.0 Å². The second-order valence-corrected chi connectivity index (χ2v) is 4.28. The largest absolute Gasteiger partial charge is 0.461 e. The Kier molecular flexibility index (Phi) is 4.04. The van der Waals surface area contributed by atoms with E-state index in [1.54, 1.807) is 0 Å². The molecule has 0 saturated heterocycles. The Bertz CT molecular complexity index is 859. The standard InChI is InChI=1S/C12H8F3N3O5/c1-2-23-11(20)9-10(19)17-7-4-8(18(21)22)5(12(13,14)15)3-6(7)16-9/h3-4H,2H2,1H3,(H,17,19). The molecule has 1 aromatic heterocycles. The number of aromatic nitrogens is 2. The van der Waals surface area contributed by atoms with Crippen molar-refractivity contribution in [3.05, 3.63) is 43.9 Å². The van der Waals surface area contributed by atoms with Gasteiger partial charge in [-0.3, -0.25) is 14.9 Å². The van der Waals surface area contributed by atoms with Gasteiger partial charge in [-0.2, -0.15) is 13.2 Å². The fourth-order valence-corrected chi connectivity index (χ4v) is 1.84. The fraction of sp³-hybridized carbons (Fsp3) is 0.250. The van der Waals surface area contributed by atoms with Gasteiger partial charge in [0.1, 0.15) is 5.56 Å². The van der Waals surface area contributed by atoms with Gasteiger partial charge in [0.25, 0.3) is 11.2 Å². The molecule has 1 aromatic carbocycles. The number of halogens is 3. The van der Waals surface area contributed by atoms with E-state index in [9.17, 15) is 32.9 Å². The number of fused-ring (bicyclic) bond motifs is 1. The van der Waals surface area contributed by atoms with Gasteiger partial charge in [0, 0.05) is 6.07 Å². The van der Waals surface area contributed by atoms with Crippen molar-refractivity contribution < 1.29 is 27.6 Å². The summed E-state index contributed by atoms with van der Waals surface area (Å²) in [6.45, 7) is 1.41. The van der Waals surface area contributed by atoms with Crippen molar-refractivity contribution in [2.75, 3.05) is 6.61 Å². The van der Waals surface area contributed by atoms with Crippen LogP contribution in [0.25, 0.3) is 11.0 Å². The molecule has 0 spiro atoms. The molecule has 0 bridgehead atoms. The number of hydrogen-bond acceptors (Lipinski definition) is 6. The minimum atomic E-state index is -5.00. The highest BCUT2D eigenvalue weighted by Crippen LogP contribution is 2.37. The number of esters is 1. The molecular formula is C12H8F3N3O5. The average Bonchev–Trinajstić information content (AvgIpc) is 2.44. The van der Waals surface area contributed by atoms with E-state index in [0.29, 0.717) is 12.1 Å². The minimum Gasteiger partial charge on any atom is -0.461 e. The number of nitro groups is 1. The second-order valence-electron chi connectivity index (χ2n) is 4.28. The van der Waals surface area contributed by atoms with Gasteiger partial charge in [0.2, 0.25) is 5.69 Å². The summed E-state index contributed by atoms with van der Waals surface area (Å²) in [5.74, 6) is -1.11. The van der Waals surface area contributed by atoms with Gasteiger partial charge in [0.05, 0.1) is 22.6 Å². The molecule has 122 valence electrons. The molecule has 2 rings (SSSR count). The lowest BCUT2D eigenvalue weighted by atomic mass is 10.1. The second kappa shape index (κ2) is 5.66. The van der Waals surface area contributed by atoms with E-state index < -0.39 is 45.1 Å². The van der Waals surface area contributed by atoms with Crippen molar-refractivity contribution in [1.29, 1.82) is 0 Å². The van der Waals surface area contributed by atoms with Crippen molar-refractivity contribution in [2.45, 2.75) is 13.1 Å². The Hall–Kier alpha value is -2.98. The summed E-state index contributed by atoms with van der Waals surface area (Å²) in [6.07, 6.45) is -5.00. The molecule has 1 heterocycles. The van der Waals surface area contributed by atoms with Crippen LogP contribution in [0.3, 0.4) is 0 Å². The molecule has 2 aromatic rings. The fourth-order valence-electron chi connectivity index (χ4n) is 1.84. The summed E-state index contributed by atoms with van der Waals surface area (Å²) in [5, 5.41) is 10.8. The molecule has 0 aliphatic rings. The Labute approximate surface area is 125 Å². The molecule has 23 heavy (non-hydrogen) atoms. The maximum absolute atomic E-state index is 12.9. The van der Waals surface area contributed by atoms with Crippen molar-refractivity contribution in [3.8, 4) is 0 Å². The van der Waals surface area contributed by atoms with Crippen molar-refractivity contribution in [2.24, 2.45) is 0 Å². The highest BCUT2D eigenvalue weighted by Gasteiger charge is 2.39. The van der Waals surface area contributed by atoms with Crippen LogP contribution < -0.4 is 5.56 Å². The lowest BCUT2D eigenvalue weighted by molar-refractivity contribution is -0.387. The van der Waals surface area contributed by atoms with Crippen LogP contribution in [-0.4, -0.2) is 27.5 Å². The number of ether oxygens (including phenoxy) is 1. The van der Waals surface area contributed by atoms with Gasteiger partial charge >= 0.3 is 12.1 Å². The monoisotopic (exact) mass is 331 g/mol. The van der Waals surface area contributed by atoms with Crippen LogP contribution in [0.5, 0.6) is 0 Å². The first kappa shape index (κ1) is 16.4. The zero-order valence-electron chi connectivity index (χ0n) is 11.4. The van der Waals surface area contributed by atoms with Gasteiger partial charge in [-0.25, -0.2) is 9.78 Å². The van der Waals surface area contributed by atoms with E-state index in [-0.39, 0.29) is 12.1 Å². The summed E-state index contributed by atoms with van der Waals surface area (Å²) < 4.78 is 43.3. The first-order valence-corrected chi connectivity index (χ1v) is 6.12. The van der Waals surface area contributed by atoms with E-state index in [1.165, 1.54) is 6.92 Å². The SMILES string of the molecule is CCOC(=O)c1nc2cc(C(F)(F)F)c([N+](=O)[O-])cc2[nH]c1=O. The molecule has 0 fully saturated rings. The van der Waals surface area contributed by atoms with Gasteiger partial charge in [-0.05, 0) is 13.0 Å². The quantitative estimate of drug-likeness (QED) is 0.523. The Morgan fingerprint density at radius 3 is 2.61 bits per heavy atom. The lowest BCUT2D eigenvalue weighted by Crippen LogP contribution is -2.22. The third-order valence-electron chi connectivity index (χ3n) is 2.78. The van der Waals surface area contributed by atoms with Crippen molar-refractivity contribution in [1.82, 2.24) is 9.97 Å². The topological polar surface area (TPSA) is 115 Å². The highest BCUT2D eigenvalue weighted by atomic mass is 19.4. The van der Waals surface area contributed by atoms with Gasteiger partial charge in [-0.1, -0.05) is 0 Å². The van der Waals surface area contributed by atoms with E-state index in [2.05, 4.69) is 14.7 Å². The molecule has 0 amide bonds. The molecule has 0 radical (unpaired) electrons. The molecular weight excluding hydrogens is 323 g/mol. The molecule has 0 atom stereocenters. The van der Waals surface area contributed by atoms with Crippen LogP contribution in [0, 0.1) is 10.1 Å². The number of rotatable bonds is 3. The minimum absolute atomic E-state index is 0.0634. The van der Waals surface area contributed by atoms with E-state index >= 15 is 0 Å². The summed E-state index contributed by atoms with van der Waals surface area (Å²) in [7, 11) is 0. The third kappa shape index (κ3) is 3.12. The molecule has 8 nitrogen and oxygen atoms in total. The number of aromatic amines is 1. The Morgan fingerprint density at radius 2 is 2.09 bits per heavy atom. The van der Waals surface area contributed by atoms with Crippen molar-refractivity contribution >= 4 is 22.7 Å². The summed E-state index contributed by atoms with van der Waals surface area (Å²) >= 11 is 0. The highest BCUT2D eigenvalue weighted by molar-refractivity contribution is 5.90. The number of carbonyl (C=O) groups is 1. The summed E-state index contributed by atoms with van der Waals surface area (Å²) in [6, 6.07) is 0.938. The number of H-pyrrole nitrogens is 1. The van der Waals surface area contributed by atoms with Crippen molar-refractivity contribution in [3.63, 3.8) is 0 Å². The molecule has 0 saturated carbocycles. The van der Waals surface area contributed by atoms with Crippen LogP contribution in [-0.2, 0) is 10.9 Å². The third-order valence-corrected chi connectivity index (χ3v) is 2.78.